The lowest BCUT2D eigenvalue weighted by atomic mass is 10.0. The Morgan fingerprint density at radius 2 is 1.20 bits per heavy atom. The average Bonchev–Trinajstić information content (AvgIpc) is 2.45. The minimum absolute atomic E-state index is 0.483. The van der Waals surface area contributed by atoms with Crippen molar-refractivity contribution < 1.29 is 10.1 Å². The summed E-state index contributed by atoms with van der Waals surface area (Å²) in [7, 11) is 0. The molecule has 0 aromatic rings. The van der Waals surface area contributed by atoms with Gasteiger partial charge in [-0.15, -0.1) is 0 Å². The minimum Gasteiger partial charge on any atom is -0.252 e. The molecule has 0 aliphatic carbocycles. The highest BCUT2D eigenvalue weighted by atomic mass is 32.1. The summed E-state index contributed by atoms with van der Waals surface area (Å²) in [5.41, 5.74) is 0. The van der Waals surface area contributed by atoms with Crippen LogP contribution in [0.1, 0.15) is 96.8 Å². The fourth-order valence-electron chi connectivity index (χ4n) is 2.56. The maximum Gasteiger partial charge on any atom is 0.0819 e. The molecule has 0 aliphatic heterocycles. The van der Waals surface area contributed by atoms with E-state index in [1.807, 2.05) is 0 Å². The van der Waals surface area contributed by atoms with E-state index in [0.29, 0.717) is 11.9 Å². The number of unbranched alkanes of at least 4 members (excludes halogenated alkanes) is 10. The van der Waals surface area contributed by atoms with Gasteiger partial charge in [0.25, 0.3) is 0 Å². The molecule has 0 aromatic carbocycles. The van der Waals surface area contributed by atoms with Crippen molar-refractivity contribution in [3.05, 3.63) is 0 Å². The standard InChI is InChI=1S/C17H36O2S/c1-2-3-4-5-8-11-14-17(20)15-12-9-6-7-10-13-16-19-18/h17-18,20H,2-16H2,1H3. The first kappa shape index (κ1) is 20.3. The topological polar surface area (TPSA) is 29.5 Å². The van der Waals surface area contributed by atoms with Crippen LogP contribution in [0.25, 0.3) is 0 Å². The van der Waals surface area contributed by atoms with Crippen molar-refractivity contribution in [2.45, 2.75) is 102 Å². The highest BCUT2D eigenvalue weighted by Crippen LogP contribution is 2.17. The minimum atomic E-state index is 0.483. The second-order valence-electron chi connectivity index (χ2n) is 5.95. The molecule has 2 nitrogen and oxygen atoms in total. The fourth-order valence-corrected chi connectivity index (χ4v) is 2.92. The first-order valence-electron chi connectivity index (χ1n) is 8.75. The van der Waals surface area contributed by atoms with Crippen LogP contribution in [-0.4, -0.2) is 17.1 Å². The van der Waals surface area contributed by atoms with Crippen molar-refractivity contribution in [1.82, 2.24) is 0 Å². The first-order valence-corrected chi connectivity index (χ1v) is 9.27. The average molecular weight is 305 g/mol. The van der Waals surface area contributed by atoms with E-state index in [1.165, 1.54) is 83.5 Å². The van der Waals surface area contributed by atoms with E-state index in [1.54, 1.807) is 0 Å². The van der Waals surface area contributed by atoms with E-state index < -0.39 is 0 Å². The Bertz CT molecular complexity index is 176. The van der Waals surface area contributed by atoms with Crippen molar-refractivity contribution in [3.8, 4) is 0 Å². The monoisotopic (exact) mass is 304 g/mol. The molecule has 0 aromatic heterocycles. The van der Waals surface area contributed by atoms with Gasteiger partial charge in [0, 0.05) is 5.25 Å². The Labute approximate surface area is 132 Å². The molecule has 122 valence electrons. The van der Waals surface area contributed by atoms with Crippen molar-refractivity contribution >= 4 is 12.6 Å². The highest BCUT2D eigenvalue weighted by Gasteiger charge is 2.02. The molecule has 0 saturated carbocycles. The van der Waals surface area contributed by atoms with E-state index >= 15 is 0 Å². The Hall–Kier alpha value is 0.270. The second kappa shape index (κ2) is 17.3. The van der Waals surface area contributed by atoms with Crippen molar-refractivity contribution in [1.29, 1.82) is 0 Å². The van der Waals surface area contributed by atoms with Gasteiger partial charge >= 0.3 is 0 Å². The molecule has 20 heavy (non-hydrogen) atoms. The quantitative estimate of drug-likeness (QED) is 0.153. The molecular formula is C17H36O2S. The molecule has 0 fully saturated rings. The fraction of sp³-hybridized carbons (Fsp3) is 1.00. The van der Waals surface area contributed by atoms with Crippen LogP contribution in [0.15, 0.2) is 0 Å². The first-order chi connectivity index (χ1) is 9.81. The van der Waals surface area contributed by atoms with Gasteiger partial charge in [0.05, 0.1) is 6.61 Å². The molecule has 0 spiro atoms. The molecule has 0 aliphatic rings. The summed E-state index contributed by atoms with van der Waals surface area (Å²) in [6.45, 7) is 2.75. The van der Waals surface area contributed by atoms with Gasteiger partial charge in [-0.2, -0.15) is 12.6 Å². The molecule has 1 atom stereocenters. The summed E-state index contributed by atoms with van der Waals surface area (Å²) in [6, 6.07) is 0. The van der Waals surface area contributed by atoms with E-state index in [0.717, 1.165) is 6.42 Å². The van der Waals surface area contributed by atoms with Gasteiger partial charge in [-0.1, -0.05) is 77.6 Å². The van der Waals surface area contributed by atoms with Crippen LogP contribution in [-0.2, 0) is 4.89 Å². The summed E-state index contributed by atoms with van der Waals surface area (Å²) in [6.07, 6.45) is 18.2. The number of thiol groups is 1. The van der Waals surface area contributed by atoms with E-state index in [4.69, 9.17) is 17.9 Å². The van der Waals surface area contributed by atoms with E-state index in [2.05, 4.69) is 11.8 Å². The molecule has 0 heterocycles. The summed E-state index contributed by atoms with van der Waals surface area (Å²) in [4.78, 5) is 4.06. The van der Waals surface area contributed by atoms with Crippen LogP contribution in [0, 0.1) is 0 Å². The number of hydrogen-bond donors (Lipinski definition) is 2. The van der Waals surface area contributed by atoms with Gasteiger partial charge in [0.15, 0.2) is 0 Å². The Balaban J connectivity index is 3.10. The van der Waals surface area contributed by atoms with Gasteiger partial charge in [-0.05, 0) is 19.3 Å². The predicted molar refractivity (Wildman–Crippen MR) is 91.7 cm³/mol. The SMILES string of the molecule is CCCCCCCCC(S)CCCCCCCCOO. The van der Waals surface area contributed by atoms with Crippen molar-refractivity contribution in [2.75, 3.05) is 6.61 Å². The number of hydrogen-bond acceptors (Lipinski definition) is 3. The zero-order chi connectivity index (χ0) is 14.9. The summed E-state index contributed by atoms with van der Waals surface area (Å²) >= 11 is 4.70. The summed E-state index contributed by atoms with van der Waals surface area (Å²) in [5.74, 6) is 0. The lowest BCUT2D eigenvalue weighted by molar-refractivity contribution is -0.242. The number of rotatable bonds is 16. The van der Waals surface area contributed by atoms with Gasteiger partial charge in [0.1, 0.15) is 0 Å². The van der Waals surface area contributed by atoms with Gasteiger partial charge in [0.2, 0.25) is 0 Å². The third kappa shape index (κ3) is 16.3. The summed E-state index contributed by atoms with van der Waals surface area (Å²) < 4.78 is 0. The molecule has 1 N–H and O–H groups in total. The Morgan fingerprint density at radius 1 is 0.750 bits per heavy atom. The molecule has 0 saturated heterocycles. The van der Waals surface area contributed by atoms with Gasteiger partial charge in [-0.25, -0.2) is 4.89 Å². The highest BCUT2D eigenvalue weighted by molar-refractivity contribution is 7.80. The maximum absolute atomic E-state index is 8.19. The maximum atomic E-state index is 8.19. The van der Waals surface area contributed by atoms with E-state index in [9.17, 15) is 0 Å². The zero-order valence-electron chi connectivity index (χ0n) is 13.5. The van der Waals surface area contributed by atoms with Crippen LogP contribution < -0.4 is 0 Å². The van der Waals surface area contributed by atoms with Crippen LogP contribution in [0.3, 0.4) is 0 Å². The molecular weight excluding hydrogens is 268 g/mol. The zero-order valence-corrected chi connectivity index (χ0v) is 14.4. The normalized spacial score (nSPS) is 12.8. The smallest absolute Gasteiger partial charge is 0.0819 e. The van der Waals surface area contributed by atoms with Crippen LogP contribution >= 0.6 is 12.6 Å². The van der Waals surface area contributed by atoms with Gasteiger partial charge < -0.3 is 0 Å². The second-order valence-corrected chi connectivity index (χ2v) is 6.68. The third-order valence-electron chi connectivity index (χ3n) is 3.91. The summed E-state index contributed by atoms with van der Waals surface area (Å²) in [5, 5.41) is 8.81. The third-order valence-corrected chi connectivity index (χ3v) is 4.43. The Kier molecular flexibility index (Phi) is 17.6. The van der Waals surface area contributed by atoms with Crippen LogP contribution in [0.2, 0.25) is 0 Å². The van der Waals surface area contributed by atoms with Crippen LogP contribution in [0.4, 0.5) is 0 Å². The van der Waals surface area contributed by atoms with Crippen LogP contribution in [0.5, 0.6) is 0 Å². The molecule has 0 amide bonds. The lowest BCUT2D eigenvalue weighted by Crippen LogP contribution is -1.98. The molecule has 0 radical (unpaired) electrons. The molecule has 0 bridgehead atoms. The lowest BCUT2D eigenvalue weighted by Gasteiger charge is -2.10. The van der Waals surface area contributed by atoms with Crippen molar-refractivity contribution in [2.24, 2.45) is 0 Å². The molecule has 3 heteroatoms. The molecule has 0 rings (SSSR count). The predicted octanol–water partition coefficient (Wildman–Crippen LogP) is 6.26. The van der Waals surface area contributed by atoms with Gasteiger partial charge in [-0.3, -0.25) is 5.26 Å². The van der Waals surface area contributed by atoms with E-state index in [-0.39, 0.29) is 0 Å². The Morgan fingerprint density at radius 3 is 1.70 bits per heavy atom. The largest absolute Gasteiger partial charge is 0.252 e. The van der Waals surface area contributed by atoms with Crippen molar-refractivity contribution in [3.63, 3.8) is 0 Å². The molecule has 1 unspecified atom stereocenters.